The molecular weight excluding hydrogens is 404 g/mol. The third-order valence-corrected chi connectivity index (χ3v) is 4.60. The molecule has 1 rings (SSSR count). The lowest BCUT2D eigenvalue weighted by Gasteiger charge is -2.05. The molecule has 0 unspecified atom stereocenters. The molecule has 12 heavy (non-hydrogen) atoms. The van der Waals surface area contributed by atoms with Crippen LogP contribution in [-0.2, 0) is 0 Å². The Hall–Kier alpha value is 0.955. The summed E-state index contributed by atoms with van der Waals surface area (Å²) in [6, 6.07) is 3.33. The Balaban J connectivity index is 3.28. The lowest BCUT2D eigenvalue weighted by Crippen LogP contribution is -2.32. The first-order valence-electron chi connectivity index (χ1n) is 3.03. The van der Waals surface area contributed by atoms with E-state index in [2.05, 4.69) is 45.2 Å². The molecule has 0 aliphatic rings. The van der Waals surface area contributed by atoms with Crippen LogP contribution in [0.3, 0.4) is 0 Å². The molecular formula is C6H4BClI2O2. The summed E-state index contributed by atoms with van der Waals surface area (Å²) in [5, 5.41) is 18.4. The molecule has 0 saturated carbocycles. The van der Waals surface area contributed by atoms with Gasteiger partial charge in [-0.25, -0.2) is 0 Å². The fraction of sp³-hybridized carbons (Fsp3) is 0. The molecule has 0 radical (unpaired) electrons. The second-order valence-electron chi connectivity index (χ2n) is 2.16. The van der Waals surface area contributed by atoms with Crippen molar-refractivity contribution in [2.24, 2.45) is 0 Å². The molecule has 0 spiro atoms. The predicted molar refractivity (Wildman–Crippen MR) is 66.7 cm³/mol. The van der Waals surface area contributed by atoms with E-state index < -0.39 is 7.12 Å². The molecule has 2 N–H and O–H groups in total. The van der Waals surface area contributed by atoms with E-state index in [1.54, 1.807) is 12.1 Å². The molecule has 0 heterocycles. The van der Waals surface area contributed by atoms with Crippen molar-refractivity contribution < 1.29 is 10.0 Å². The third-order valence-electron chi connectivity index (χ3n) is 1.30. The second kappa shape index (κ2) is 4.45. The third kappa shape index (κ3) is 2.47. The molecule has 0 aromatic heterocycles. The van der Waals surface area contributed by atoms with Gasteiger partial charge in [-0.05, 0) is 62.8 Å². The van der Waals surface area contributed by atoms with Crippen molar-refractivity contribution in [2.45, 2.75) is 0 Å². The van der Waals surface area contributed by atoms with Crippen LogP contribution in [0.4, 0.5) is 0 Å². The summed E-state index contributed by atoms with van der Waals surface area (Å²) in [6.07, 6.45) is 0. The topological polar surface area (TPSA) is 40.5 Å². The highest BCUT2D eigenvalue weighted by Gasteiger charge is 2.17. The summed E-state index contributed by atoms with van der Waals surface area (Å²) in [7, 11) is -1.45. The summed E-state index contributed by atoms with van der Waals surface area (Å²) in [5.74, 6) is 0. The Morgan fingerprint density at radius 1 is 1.25 bits per heavy atom. The van der Waals surface area contributed by atoms with Gasteiger partial charge in [0.15, 0.2) is 0 Å². The molecule has 0 amide bonds. The quantitative estimate of drug-likeness (QED) is 0.417. The summed E-state index contributed by atoms with van der Waals surface area (Å²) in [5.41, 5.74) is 0.451. The summed E-state index contributed by atoms with van der Waals surface area (Å²) >= 11 is 9.88. The monoisotopic (exact) mass is 408 g/mol. The number of hydrogen-bond donors (Lipinski definition) is 2. The van der Waals surface area contributed by atoms with Gasteiger partial charge >= 0.3 is 7.12 Å². The van der Waals surface area contributed by atoms with Crippen LogP contribution in [0, 0.1) is 7.14 Å². The smallest absolute Gasteiger partial charge is 0.423 e. The molecule has 0 aliphatic carbocycles. The average Bonchev–Trinajstić information content (AvgIpc) is 1.96. The Bertz CT molecular complexity index is 306. The minimum atomic E-state index is -1.45. The Labute approximate surface area is 103 Å². The highest BCUT2D eigenvalue weighted by Crippen LogP contribution is 2.18. The van der Waals surface area contributed by atoms with Crippen molar-refractivity contribution in [2.75, 3.05) is 0 Å². The molecule has 0 fully saturated rings. The van der Waals surface area contributed by atoms with Crippen LogP contribution in [0.2, 0.25) is 5.02 Å². The standard InChI is InChI=1S/C6H4BClI2O2/c8-3-1-4(7(11)12)6(10)5(9)2-3/h1-2,11-12H. The van der Waals surface area contributed by atoms with Crippen molar-refractivity contribution in [1.29, 1.82) is 0 Å². The Morgan fingerprint density at radius 3 is 2.33 bits per heavy atom. The highest BCUT2D eigenvalue weighted by molar-refractivity contribution is 14.1. The SMILES string of the molecule is OB(O)c1cc(Cl)cc(I)c1I. The summed E-state index contributed by atoms with van der Waals surface area (Å²) < 4.78 is 1.75. The van der Waals surface area contributed by atoms with Crippen LogP contribution in [0.25, 0.3) is 0 Å². The van der Waals surface area contributed by atoms with Crippen molar-refractivity contribution in [1.82, 2.24) is 0 Å². The molecule has 0 atom stereocenters. The van der Waals surface area contributed by atoms with Gasteiger partial charge in [0.1, 0.15) is 0 Å². The maximum atomic E-state index is 8.94. The average molecular weight is 408 g/mol. The number of halogens is 3. The first-order chi connectivity index (χ1) is 5.52. The van der Waals surface area contributed by atoms with Gasteiger partial charge in [0.25, 0.3) is 0 Å². The molecule has 0 saturated heterocycles. The van der Waals surface area contributed by atoms with Crippen LogP contribution in [-0.4, -0.2) is 17.2 Å². The normalized spacial score (nSPS) is 10.1. The van der Waals surface area contributed by atoms with Crippen molar-refractivity contribution in [3.8, 4) is 0 Å². The van der Waals surface area contributed by atoms with Gasteiger partial charge in [0, 0.05) is 12.2 Å². The fourth-order valence-electron chi connectivity index (χ4n) is 0.764. The molecule has 1 aromatic carbocycles. The summed E-state index contributed by atoms with van der Waals surface area (Å²) in [4.78, 5) is 0. The van der Waals surface area contributed by atoms with Crippen LogP contribution < -0.4 is 5.46 Å². The van der Waals surface area contributed by atoms with E-state index in [1.165, 1.54) is 0 Å². The zero-order valence-corrected chi connectivity index (χ0v) is 10.8. The van der Waals surface area contributed by atoms with E-state index in [0.717, 1.165) is 7.14 Å². The number of hydrogen-bond acceptors (Lipinski definition) is 2. The van der Waals surface area contributed by atoms with Gasteiger partial charge < -0.3 is 10.0 Å². The van der Waals surface area contributed by atoms with Crippen molar-refractivity contribution in [3.05, 3.63) is 24.3 Å². The van der Waals surface area contributed by atoms with E-state index >= 15 is 0 Å². The molecule has 0 aliphatic heterocycles. The van der Waals surface area contributed by atoms with Gasteiger partial charge in [0.05, 0.1) is 0 Å². The van der Waals surface area contributed by atoms with Crippen LogP contribution in [0.15, 0.2) is 12.1 Å². The van der Waals surface area contributed by atoms with Crippen molar-refractivity contribution in [3.63, 3.8) is 0 Å². The Kier molecular flexibility index (Phi) is 4.09. The largest absolute Gasteiger partial charge is 0.489 e. The molecule has 0 bridgehead atoms. The van der Waals surface area contributed by atoms with E-state index in [0.29, 0.717) is 10.5 Å². The van der Waals surface area contributed by atoms with Crippen LogP contribution in [0.1, 0.15) is 0 Å². The minimum Gasteiger partial charge on any atom is -0.423 e. The predicted octanol–water partition coefficient (Wildman–Crippen LogP) is 1.23. The molecule has 2 nitrogen and oxygen atoms in total. The molecule has 64 valence electrons. The first-order valence-corrected chi connectivity index (χ1v) is 5.56. The van der Waals surface area contributed by atoms with Gasteiger partial charge in [-0.2, -0.15) is 0 Å². The Morgan fingerprint density at radius 2 is 1.83 bits per heavy atom. The van der Waals surface area contributed by atoms with Gasteiger partial charge in [-0.3, -0.25) is 0 Å². The van der Waals surface area contributed by atoms with Gasteiger partial charge in [-0.1, -0.05) is 11.6 Å². The van der Waals surface area contributed by atoms with E-state index in [4.69, 9.17) is 21.6 Å². The van der Waals surface area contributed by atoms with E-state index in [9.17, 15) is 0 Å². The number of benzene rings is 1. The maximum Gasteiger partial charge on any atom is 0.489 e. The van der Waals surface area contributed by atoms with Gasteiger partial charge in [-0.15, -0.1) is 0 Å². The molecule has 6 heteroatoms. The van der Waals surface area contributed by atoms with E-state index in [1.807, 2.05) is 0 Å². The zero-order chi connectivity index (χ0) is 9.30. The fourth-order valence-corrected chi connectivity index (χ4v) is 2.41. The van der Waals surface area contributed by atoms with E-state index in [-0.39, 0.29) is 0 Å². The van der Waals surface area contributed by atoms with Gasteiger partial charge in [0.2, 0.25) is 0 Å². The minimum absolute atomic E-state index is 0.451. The van der Waals surface area contributed by atoms with Crippen molar-refractivity contribution >= 4 is 69.4 Å². The lowest BCUT2D eigenvalue weighted by atomic mass is 9.80. The summed E-state index contributed by atoms with van der Waals surface area (Å²) in [6.45, 7) is 0. The lowest BCUT2D eigenvalue weighted by molar-refractivity contribution is 0.425. The highest BCUT2D eigenvalue weighted by atomic mass is 127. The second-order valence-corrected chi connectivity index (χ2v) is 4.84. The first kappa shape index (κ1) is 11.0. The number of rotatable bonds is 1. The zero-order valence-electron chi connectivity index (χ0n) is 5.76. The van der Waals surface area contributed by atoms with Crippen LogP contribution in [0.5, 0.6) is 0 Å². The van der Waals surface area contributed by atoms with Crippen LogP contribution >= 0.6 is 56.8 Å². The maximum absolute atomic E-state index is 8.94. The molecule has 1 aromatic rings.